The number of carbonyl (C=O) groups excluding carboxylic acids is 5. The van der Waals surface area contributed by atoms with E-state index in [1.54, 1.807) is 32.9 Å². The lowest BCUT2D eigenvalue weighted by Gasteiger charge is -2.37. The highest BCUT2D eigenvalue weighted by Gasteiger charge is 2.38. The molecule has 56 heavy (non-hydrogen) atoms. The summed E-state index contributed by atoms with van der Waals surface area (Å²) >= 11 is 0. The van der Waals surface area contributed by atoms with E-state index in [2.05, 4.69) is 26.7 Å². The van der Waals surface area contributed by atoms with E-state index in [1.807, 2.05) is 123 Å². The Morgan fingerprint density at radius 2 is 1.05 bits per heavy atom. The van der Waals surface area contributed by atoms with Gasteiger partial charge in [-0.1, -0.05) is 135 Å². The highest BCUT2D eigenvalue weighted by molar-refractivity contribution is 5.94. The summed E-state index contributed by atoms with van der Waals surface area (Å²) in [4.78, 5) is 67.7. The zero-order chi connectivity index (χ0) is 40.7. The molecule has 296 valence electrons. The van der Waals surface area contributed by atoms with Gasteiger partial charge in [-0.2, -0.15) is 0 Å². The summed E-state index contributed by atoms with van der Waals surface area (Å²) in [7, 11) is 0. The number of hydrogen-bond acceptors (Lipinski definition) is 7. The molecule has 0 aliphatic heterocycles. The molecule has 4 aromatic rings. The molecule has 7 N–H and O–H groups in total. The molecule has 0 heterocycles. The SMILES string of the molecule is CC(C)CC(NC(=O)OC(C)(C)C)C(=O)NC(Cc1ccccc1)C(=O)NC(CCC(=O)NC(c1ccccc1)(c1ccccc1)c1ccccc1)C(=O)NN. The van der Waals surface area contributed by atoms with Gasteiger partial charge in [0, 0.05) is 12.8 Å². The minimum absolute atomic E-state index is 0.00951. The number of carbonyl (C=O) groups is 5. The van der Waals surface area contributed by atoms with Crippen molar-refractivity contribution in [1.82, 2.24) is 26.7 Å². The predicted octanol–water partition coefficient (Wildman–Crippen LogP) is 5.02. The van der Waals surface area contributed by atoms with E-state index in [9.17, 15) is 24.0 Å². The molecular formula is C44H54N6O6. The largest absolute Gasteiger partial charge is 0.444 e. The number of ether oxygens (including phenoxy) is 1. The zero-order valence-electron chi connectivity index (χ0n) is 32.7. The van der Waals surface area contributed by atoms with Crippen molar-refractivity contribution in [3.8, 4) is 0 Å². The van der Waals surface area contributed by atoms with Crippen molar-refractivity contribution >= 4 is 29.7 Å². The maximum Gasteiger partial charge on any atom is 0.408 e. The van der Waals surface area contributed by atoms with Gasteiger partial charge in [-0.05, 0) is 61.8 Å². The molecule has 0 saturated heterocycles. The summed E-state index contributed by atoms with van der Waals surface area (Å²) < 4.78 is 5.39. The molecule has 12 nitrogen and oxygen atoms in total. The number of hydrogen-bond donors (Lipinski definition) is 6. The van der Waals surface area contributed by atoms with Crippen molar-refractivity contribution in [3.63, 3.8) is 0 Å². The molecule has 3 atom stereocenters. The fourth-order valence-corrected chi connectivity index (χ4v) is 6.45. The average Bonchev–Trinajstić information content (AvgIpc) is 3.18. The van der Waals surface area contributed by atoms with Crippen molar-refractivity contribution in [2.24, 2.45) is 11.8 Å². The Morgan fingerprint density at radius 1 is 0.607 bits per heavy atom. The Balaban J connectivity index is 1.58. The molecule has 12 heteroatoms. The first-order valence-electron chi connectivity index (χ1n) is 18.8. The molecule has 4 rings (SSSR count). The molecule has 5 amide bonds. The van der Waals surface area contributed by atoms with Crippen LogP contribution in [0.4, 0.5) is 4.79 Å². The second-order valence-corrected chi connectivity index (χ2v) is 15.1. The summed E-state index contributed by atoms with van der Waals surface area (Å²) in [6.07, 6.45) is -0.703. The first-order chi connectivity index (χ1) is 26.7. The lowest BCUT2D eigenvalue weighted by Crippen LogP contribution is -2.58. The van der Waals surface area contributed by atoms with Gasteiger partial charge in [0.15, 0.2) is 0 Å². The Hall–Kier alpha value is -6.01. The van der Waals surface area contributed by atoms with E-state index >= 15 is 0 Å². The minimum Gasteiger partial charge on any atom is -0.444 e. The lowest BCUT2D eigenvalue weighted by molar-refractivity contribution is -0.133. The van der Waals surface area contributed by atoms with E-state index in [0.717, 1.165) is 22.3 Å². The van der Waals surface area contributed by atoms with Crippen LogP contribution in [0, 0.1) is 5.92 Å². The number of hydrazine groups is 1. The van der Waals surface area contributed by atoms with Crippen LogP contribution in [0.5, 0.6) is 0 Å². The van der Waals surface area contributed by atoms with Gasteiger partial charge in [0.05, 0.1) is 0 Å². The summed E-state index contributed by atoms with van der Waals surface area (Å²) in [5.74, 6) is 3.20. The first-order valence-corrected chi connectivity index (χ1v) is 18.8. The predicted molar refractivity (Wildman–Crippen MR) is 216 cm³/mol. The van der Waals surface area contributed by atoms with Crippen LogP contribution >= 0.6 is 0 Å². The van der Waals surface area contributed by atoms with Gasteiger partial charge in [-0.25, -0.2) is 10.6 Å². The summed E-state index contributed by atoms with van der Waals surface area (Å²) in [5, 5.41) is 11.4. The maximum absolute atomic E-state index is 14.0. The molecule has 0 aromatic heterocycles. The number of nitrogens with two attached hydrogens (primary N) is 1. The van der Waals surface area contributed by atoms with Gasteiger partial charge in [0.1, 0.15) is 29.3 Å². The first kappa shape index (κ1) is 42.7. The maximum atomic E-state index is 14.0. The van der Waals surface area contributed by atoms with Crippen LogP contribution < -0.4 is 32.5 Å². The zero-order valence-corrected chi connectivity index (χ0v) is 32.7. The number of benzene rings is 4. The Kier molecular flexibility index (Phi) is 15.3. The third-order valence-electron chi connectivity index (χ3n) is 9.01. The molecule has 0 fully saturated rings. The fraction of sp³-hybridized carbons (Fsp3) is 0.341. The van der Waals surface area contributed by atoms with Crippen LogP contribution in [0.3, 0.4) is 0 Å². The van der Waals surface area contributed by atoms with E-state index < -0.39 is 53.1 Å². The monoisotopic (exact) mass is 762 g/mol. The van der Waals surface area contributed by atoms with Crippen LogP contribution in [0.15, 0.2) is 121 Å². The number of alkyl carbamates (subject to hydrolysis) is 1. The summed E-state index contributed by atoms with van der Waals surface area (Å²) in [6, 6.07) is 34.5. The number of amides is 5. The van der Waals surface area contributed by atoms with Crippen LogP contribution in [-0.2, 0) is 35.9 Å². The molecule has 0 saturated carbocycles. The van der Waals surface area contributed by atoms with Gasteiger partial charge in [-0.3, -0.25) is 24.6 Å². The third kappa shape index (κ3) is 12.3. The Labute approximate surface area is 329 Å². The lowest BCUT2D eigenvalue weighted by atomic mass is 9.77. The molecular weight excluding hydrogens is 709 g/mol. The molecule has 3 unspecified atom stereocenters. The molecule has 0 aliphatic carbocycles. The van der Waals surface area contributed by atoms with Gasteiger partial charge in [0.2, 0.25) is 17.7 Å². The molecule has 4 aromatic carbocycles. The molecule has 0 spiro atoms. The van der Waals surface area contributed by atoms with Gasteiger partial charge in [-0.15, -0.1) is 0 Å². The standard InChI is InChI=1S/C44H54N6O6/c1-30(2)28-36(48-42(55)56-43(3,4)5)39(52)47-37(29-31-18-10-6-11-19-31)40(53)46-35(41(54)50-45)26-27-38(51)49-44(32-20-12-7-13-21-32,33-22-14-8-15-23-33)34-24-16-9-17-25-34/h6-25,30,35-37H,26-29,45H2,1-5H3,(H,46,53)(H,47,52)(H,48,55)(H,49,51)(H,50,54). The molecule has 0 bridgehead atoms. The molecule has 0 radical (unpaired) electrons. The van der Waals surface area contributed by atoms with Gasteiger partial charge in [0.25, 0.3) is 5.91 Å². The van der Waals surface area contributed by atoms with E-state index in [4.69, 9.17) is 10.6 Å². The van der Waals surface area contributed by atoms with Gasteiger partial charge >= 0.3 is 6.09 Å². The smallest absolute Gasteiger partial charge is 0.408 e. The van der Waals surface area contributed by atoms with Crippen molar-refractivity contribution < 1.29 is 28.7 Å². The Morgan fingerprint density at radius 3 is 1.50 bits per heavy atom. The van der Waals surface area contributed by atoms with E-state index in [0.29, 0.717) is 0 Å². The van der Waals surface area contributed by atoms with E-state index in [-0.39, 0.29) is 37.5 Å². The van der Waals surface area contributed by atoms with Crippen LogP contribution in [0.1, 0.15) is 76.1 Å². The van der Waals surface area contributed by atoms with Crippen LogP contribution in [0.25, 0.3) is 0 Å². The highest BCUT2D eigenvalue weighted by Crippen LogP contribution is 2.37. The van der Waals surface area contributed by atoms with Crippen molar-refractivity contribution in [1.29, 1.82) is 0 Å². The minimum atomic E-state index is -1.24. The number of rotatable bonds is 17. The van der Waals surface area contributed by atoms with Crippen LogP contribution in [-0.4, -0.2) is 53.4 Å². The number of nitrogens with one attached hydrogen (secondary N) is 5. The quantitative estimate of drug-likeness (QED) is 0.0378. The second kappa shape index (κ2) is 20.1. The molecule has 0 aliphatic rings. The van der Waals surface area contributed by atoms with Crippen molar-refractivity contribution in [2.75, 3.05) is 0 Å². The van der Waals surface area contributed by atoms with E-state index in [1.165, 1.54) is 0 Å². The normalized spacial score (nSPS) is 13.1. The van der Waals surface area contributed by atoms with Crippen molar-refractivity contribution in [2.45, 2.75) is 89.6 Å². The Bertz CT molecular complexity index is 1790. The highest BCUT2D eigenvalue weighted by atomic mass is 16.6. The van der Waals surface area contributed by atoms with Gasteiger partial charge < -0.3 is 26.0 Å². The second-order valence-electron chi connectivity index (χ2n) is 15.1. The fourth-order valence-electron chi connectivity index (χ4n) is 6.45. The third-order valence-corrected chi connectivity index (χ3v) is 9.01. The topological polar surface area (TPSA) is 181 Å². The summed E-state index contributed by atoms with van der Waals surface area (Å²) in [5.41, 5.74) is 3.44. The average molecular weight is 763 g/mol. The van der Waals surface area contributed by atoms with Crippen molar-refractivity contribution in [3.05, 3.63) is 144 Å². The van der Waals surface area contributed by atoms with Crippen LogP contribution in [0.2, 0.25) is 0 Å². The summed E-state index contributed by atoms with van der Waals surface area (Å²) in [6.45, 7) is 8.96.